The third-order valence-electron chi connectivity index (χ3n) is 5.14. The SMILES string of the molecule is Cc1cc(NC(=O)C(c2ccccc2)N2CCN(c3ccc(O)cc3)CC2)no1. The number of aromatic hydroxyl groups is 1. The maximum Gasteiger partial charge on any atom is 0.247 e. The standard InChI is InChI=1S/C22H24N4O3/c1-16-15-20(24-29-16)23-22(28)21(17-5-3-2-4-6-17)26-13-11-25(12-14-26)18-7-9-19(27)10-8-18/h2-10,15,21,27H,11-14H2,1H3,(H,23,24,28). The lowest BCUT2D eigenvalue weighted by molar-refractivity contribution is -0.121. The van der Waals surface area contributed by atoms with Gasteiger partial charge in [-0.1, -0.05) is 35.5 Å². The molecule has 0 radical (unpaired) electrons. The molecule has 2 aromatic carbocycles. The van der Waals surface area contributed by atoms with Gasteiger partial charge in [0.15, 0.2) is 5.82 Å². The van der Waals surface area contributed by atoms with E-state index in [1.54, 1.807) is 25.1 Å². The zero-order valence-corrected chi connectivity index (χ0v) is 16.3. The van der Waals surface area contributed by atoms with Crippen LogP contribution in [0.4, 0.5) is 11.5 Å². The predicted octanol–water partition coefficient (Wildman–Crippen LogP) is 3.19. The van der Waals surface area contributed by atoms with Gasteiger partial charge in [-0.25, -0.2) is 0 Å². The molecule has 2 N–H and O–H groups in total. The van der Waals surface area contributed by atoms with Gasteiger partial charge in [0.05, 0.1) is 0 Å². The molecule has 1 aliphatic heterocycles. The summed E-state index contributed by atoms with van der Waals surface area (Å²) in [6.45, 7) is 4.87. The molecule has 4 rings (SSSR count). The molecule has 1 atom stereocenters. The number of aromatic nitrogens is 1. The number of nitrogens with zero attached hydrogens (tertiary/aromatic N) is 3. The highest BCUT2D eigenvalue weighted by atomic mass is 16.5. The van der Waals surface area contributed by atoms with Gasteiger partial charge in [0.1, 0.15) is 17.6 Å². The monoisotopic (exact) mass is 392 g/mol. The lowest BCUT2D eigenvalue weighted by atomic mass is 10.0. The molecule has 0 saturated carbocycles. The molecule has 3 aromatic rings. The zero-order chi connectivity index (χ0) is 20.2. The topological polar surface area (TPSA) is 81.8 Å². The van der Waals surface area contributed by atoms with E-state index in [9.17, 15) is 9.90 Å². The lowest BCUT2D eigenvalue weighted by Gasteiger charge is -2.39. The van der Waals surface area contributed by atoms with Crippen LogP contribution in [0, 0.1) is 6.92 Å². The van der Waals surface area contributed by atoms with E-state index in [-0.39, 0.29) is 11.7 Å². The number of aryl methyl sites for hydroxylation is 1. The molecule has 1 saturated heterocycles. The van der Waals surface area contributed by atoms with E-state index < -0.39 is 6.04 Å². The lowest BCUT2D eigenvalue weighted by Crippen LogP contribution is -2.50. The van der Waals surface area contributed by atoms with Gasteiger partial charge >= 0.3 is 0 Å². The van der Waals surface area contributed by atoms with E-state index in [1.165, 1.54) is 0 Å². The number of hydrogen-bond donors (Lipinski definition) is 2. The predicted molar refractivity (Wildman–Crippen MR) is 111 cm³/mol. The molecule has 2 heterocycles. The smallest absolute Gasteiger partial charge is 0.247 e. The first-order valence-corrected chi connectivity index (χ1v) is 9.67. The van der Waals surface area contributed by atoms with Crippen molar-refractivity contribution in [3.05, 3.63) is 72.0 Å². The molecular weight excluding hydrogens is 368 g/mol. The number of phenolic OH excluding ortho intramolecular Hbond substituents is 1. The fraction of sp³-hybridized carbons (Fsp3) is 0.273. The van der Waals surface area contributed by atoms with Crippen LogP contribution in [0.15, 0.2) is 65.2 Å². The van der Waals surface area contributed by atoms with Crippen LogP contribution >= 0.6 is 0 Å². The number of benzene rings is 2. The number of carbonyl (C=O) groups is 1. The van der Waals surface area contributed by atoms with Crippen LogP contribution in [-0.2, 0) is 4.79 Å². The minimum absolute atomic E-state index is 0.123. The number of nitrogens with one attached hydrogen (secondary N) is 1. The normalized spacial score (nSPS) is 15.8. The molecule has 0 bridgehead atoms. The number of carbonyl (C=O) groups excluding carboxylic acids is 1. The largest absolute Gasteiger partial charge is 0.508 e. The summed E-state index contributed by atoms with van der Waals surface area (Å²) in [5.74, 6) is 1.22. The molecule has 1 fully saturated rings. The van der Waals surface area contributed by atoms with Crippen LogP contribution in [0.1, 0.15) is 17.4 Å². The van der Waals surface area contributed by atoms with Crippen molar-refractivity contribution in [1.29, 1.82) is 0 Å². The van der Waals surface area contributed by atoms with Gasteiger partial charge in [0, 0.05) is 37.9 Å². The summed E-state index contributed by atoms with van der Waals surface area (Å²) >= 11 is 0. The molecule has 0 aliphatic carbocycles. The Bertz CT molecular complexity index is 948. The number of phenols is 1. The van der Waals surface area contributed by atoms with E-state index in [4.69, 9.17) is 4.52 Å². The molecule has 1 aromatic heterocycles. The second-order valence-electron chi connectivity index (χ2n) is 7.16. The zero-order valence-electron chi connectivity index (χ0n) is 16.3. The average molecular weight is 392 g/mol. The Morgan fingerprint density at radius 2 is 1.76 bits per heavy atom. The van der Waals surface area contributed by atoms with Gasteiger partial charge in [-0.3, -0.25) is 9.69 Å². The maximum atomic E-state index is 13.1. The van der Waals surface area contributed by atoms with Crippen LogP contribution in [0.2, 0.25) is 0 Å². The molecule has 1 aliphatic rings. The first kappa shape index (κ1) is 19.0. The van der Waals surface area contributed by atoms with E-state index in [1.807, 2.05) is 42.5 Å². The Morgan fingerprint density at radius 3 is 2.38 bits per heavy atom. The second kappa shape index (κ2) is 8.36. The molecule has 7 heteroatoms. The first-order chi connectivity index (χ1) is 14.1. The van der Waals surface area contributed by atoms with Gasteiger partial charge in [-0.05, 0) is 36.8 Å². The molecular formula is C22H24N4O3. The number of anilines is 2. The van der Waals surface area contributed by atoms with E-state index in [0.717, 1.165) is 37.4 Å². The fourth-order valence-electron chi connectivity index (χ4n) is 3.69. The van der Waals surface area contributed by atoms with Gasteiger partial charge in [0.25, 0.3) is 0 Å². The highest BCUT2D eigenvalue weighted by Gasteiger charge is 2.31. The molecule has 1 amide bonds. The van der Waals surface area contributed by atoms with Crippen LogP contribution in [0.3, 0.4) is 0 Å². The Labute approximate surface area is 169 Å². The molecule has 0 spiro atoms. The van der Waals surface area contributed by atoms with Crippen molar-refractivity contribution in [2.75, 3.05) is 36.4 Å². The van der Waals surface area contributed by atoms with Gasteiger partial charge in [-0.15, -0.1) is 0 Å². The summed E-state index contributed by atoms with van der Waals surface area (Å²) in [7, 11) is 0. The van der Waals surface area contributed by atoms with E-state index in [0.29, 0.717) is 11.6 Å². The van der Waals surface area contributed by atoms with Gasteiger partial charge in [-0.2, -0.15) is 0 Å². The van der Waals surface area contributed by atoms with Crippen molar-refractivity contribution in [2.45, 2.75) is 13.0 Å². The summed E-state index contributed by atoms with van der Waals surface area (Å²) in [5, 5.41) is 16.3. The summed E-state index contributed by atoms with van der Waals surface area (Å²) in [6.07, 6.45) is 0. The van der Waals surface area contributed by atoms with Gasteiger partial charge in [0.2, 0.25) is 5.91 Å². The van der Waals surface area contributed by atoms with Crippen LogP contribution in [0.25, 0.3) is 0 Å². The highest BCUT2D eigenvalue weighted by Crippen LogP contribution is 2.26. The molecule has 29 heavy (non-hydrogen) atoms. The van der Waals surface area contributed by atoms with Crippen molar-refractivity contribution in [3.63, 3.8) is 0 Å². The Hall–Kier alpha value is -3.32. The maximum absolute atomic E-state index is 13.1. The quantitative estimate of drug-likeness (QED) is 0.694. The number of piperazine rings is 1. The van der Waals surface area contributed by atoms with Crippen molar-refractivity contribution in [1.82, 2.24) is 10.1 Å². The average Bonchev–Trinajstić information content (AvgIpc) is 3.15. The minimum atomic E-state index is -0.407. The van der Waals surface area contributed by atoms with Crippen molar-refractivity contribution < 1.29 is 14.4 Å². The summed E-state index contributed by atoms with van der Waals surface area (Å²) in [5.41, 5.74) is 2.02. The van der Waals surface area contributed by atoms with E-state index in [2.05, 4.69) is 20.3 Å². The fourth-order valence-corrected chi connectivity index (χ4v) is 3.69. The van der Waals surface area contributed by atoms with Crippen LogP contribution in [0.5, 0.6) is 5.75 Å². The van der Waals surface area contributed by atoms with Crippen molar-refractivity contribution >= 4 is 17.4 Å². The Kier molecular flexibility index (Phi) is 5.48. The van der Waals surface area contributed by atoms with Crippen molar-refractivity contribution in [2.24, 2.45) is 0 Å². The third-order valence-corrected chi connectivity index (χ3v) is 5.14. The number of hydrogen-bond acceptors (Lipinski definition) is 6. The summed E-state index contributed by atoms with van der Waals surface area (Å²) in [6, 6.07) is 18.3. The summed E-state index contributed by atoms with van der Waals surface area (Å²) < 4.78 is 5.06. The second-order valence-corrected chi connectivity index (χ2v) is 7.16. The highest BCUT2D eigenvalue weighted by molar-refractivity contribution is 5.94. The molecule has 7 nitrogen and oxygen atoms in total. The number of amides is 1. The molecule has 150 valence electrons. The Morgan fingerprint density at radius 1 is 1.07 bits per heavy atom. The Balaban J connectivity index is 1.49. The van der Waals surface area contributed by atoms with Crippen LogP contribution < -0.4 is 10.2 Å². The van der Waals surface area contributed by atoms with Crippen molar-refractivity contribution in [3.8, 4) is 5.75 Å². The molecule has 1 unspecified atom stereocenters. The number of rotatable bonds is 5. The third kappa shape index (κ3) is 4.41. The van der Waals surface area contributed by atoms with E-state index >= 15 is 0 Å². The minimum Gasteiger partial charge on any atom is -0.508 e. The van der Waals surface area contributed by atoms with Crippen LogP contribution in [-0.4, -0.2) is 47.2 Å². The summed E-state index contributed by atoms with van der Waals surface area (Å²) in [4.78, 5) is 17.6. The first-order valence-electron chi connectivity index (χ1n) is 9.67. The van der Waals surface area contributed by atoms with Gasteiger partial charge < -0.3 is 19.8 Å².